The van der Waals surface area contributed by atoms with Crippen LogP contribution in [0.15, 0.2) is 0 Å². The van der Waals surface area contributed by atoms with Gasteiger partial charge in [-0.2, -0.15) is 0 Å². The quantitative estimate of drug-likeness (QED) is 0.746. The first-order chi connectivity index (χ1) is 8.49. The fraction of sp³-hybridized carbons (Fsp3) is 0.929. The molecule has 0 saturated carbocycles. The van der Waals surface area contributed by atoms with Gasteiger partial charge < -0.3 is 15.5 Å². The number of rotatable bonds is 6. The van der Waals surface area contributed by atoms with E-state index in [1.807, 2.05) is 0 Å². The fourth-order valence-electron chi connectivity index (χ4n) is 2.58. The molecule has 4 heteroatoms. The van der Waals surface area contributed by atoms with Crippen LogP contribution in [0, 0.1) is 11.8 Å². The van der Waals surface area contributed by atoms with Gasteiger partial charge in [-0.05, 0) is 45.8 Å². The molecular formula is C14H29N3O. The Balaban J connectivity index is 2.44. The normalized spacial score (nSPS) is 22.2. The van der Waals surface area contributed by atoms with Crippen LogP contribution in [-0.2, 0) is 4.79 Å². The van der Waals surface area contributed by atoms with Crippen molar-refractivity contribution in [3.05, 3.63) is 0 Å². The van der Waals surface area contributed by atoms with Crippen LogP contribution in [0.5, 0.6) is 0 Å². The van der Waals surface area contributed by atoms with Gasteiger partial charge in [0.25, 0.3) is 0 Å². The van der Waals surface area contributed by atoms with Crippen molar-refractivity contribution in [1.29, 1.82) is 0 Å². The minimum absolute atomic E-state index is 0.163. The Morgan fingerprint density at radius 3 is 2.67 bits per heavy atom. The van der Waals surface area contributed by atoms with Gasteiger partial charge in [0.1, 0.15) is 0 Å². The van der Waals surface area contributed by atoms with Crippen molar-refractivity contribution in [2.24, 2.45) is 11.8 Å². The highest BCUT2D eigenvalue weighted by Gasteiger charge is 2.23. The van der Waals surface area contributed by atoms with E-state index in [0.29, 0.717) is 5.92 Å². The molecule has 18 heavy (non-hydrogen) atoms. The summed E-state index contributed by atoms with van der Waals surface area (Å²) >= 11 is 0. The van der Waals surface area contributed by atoms with Crippen molar-refractivity contribution >= 4 is 5.91 Å². The van der Waals surface area contributed by atoms with Gasteiger partial charge in [-0.3, -0.25) is 4.79 Å². The SMILES string of the molecule is CC(C)CC(CN(C)C)NC(=O)C1CCCNC1. The number of amides is 1. The maximum atomic E-state index is 12.2. The second-order valence-corrected chi connectivity index (χ2v) is 6.14. The van der Waals surface area contributed by atoms with Gasteiger partial charge in [0.15, 0.2) is 0 Å². The number of carbonyl (C=O) groups is 1. The van der Waals surface area contributed by atoms with Gasteiger partial charge in [0, 0.05) is 19.1 Å². The lowest BCUT2D eigenvalue weighted by molar-refractivity contribution is -0.126. The van der Waals surface area contributed by atoms with Crippen LogP contribution >= 0.6 is 0 Å². The van der Waals surface area contributed by atoms with Crippen molar-refractivity contribution in [2.45, 2.75) is 39.2 Å². The van der Waals surface area contributed by atoms with E-state index in [1.165, 1.54) is 0 Å². The number of nitrogens with zero attached hydrogens (tertiary/aromatic N) is 1. The third-order valence-corrected chi connectivity index (χ3v) is 3.36. The van der Waals surface area contributed by atoms with E-state index in [2.05, 4.69) is 43.5 Å². The van der Waals surface area contributed by atoms with Crippen LogP contribution in [0.3, 0.4) is 0 Å². The highest BCUT2D eigenvalue weighted by molar-refractivity contribution is 5.79. The first kappa shape index (κ1) is 15.4. The van der Waals surface area contributed by atoms with Crippen molar-refractivity contribution in [2.75, 3.05) is 33.7 Å². The first-order valence-corrected chi connectivity index (χ1v) is 7.15. The Labute approximate surface area is 111 Å². The first-order valence-electron chi connectivity index (χ1n) is 7.15. The summed E-state index contributed by atoms with van der Waals surface area (Å²) in [4.78, 5) is 14.3. The standard InChI is InChI=1S/C14H29N3O/c1-11(2)8-13(10-17(3)4)16-14(18)12-6-5-7-15-9-12/h11-13,15H,5-10H2,1-4H3,(H,16,18). The average molecular weight is 255 g/mol. The lowest BCUT2D eigenvalue weighted by Crippen LogP contribution is -2.48. The minimum atomic E-state index is 0.163. The van der Waals surface area contributed by atoms with Crippen molar-refractivity contribution in [3.63, 3.8) is 0 Å². The largest absolute Gasteiger partial charge is 0.352 e. The van der Waals surface area contributed by atoms with Crippen molar-refractivity contribution < 1.29 is 4.79 Å². The van der Waals surface area contributed by atoms with Crippen molar-refractivity contribution in [1.82, 2.24) is 15.5 Å². The molecule has 2 atom stereocenters. The fourth-order valence-corrected chi connectivity index (χ4v) is 2.58. The van der Waals surface area contributed by atoms with Crippen LogP contribution in [0.4, 0.5) is 0 Å². The van der Waals surface area contributed by atoms with E-state index in [0.717, 1.165) is 38.9 Å². The summed E-state index contributed by atoms with van der Waals surface area (Å²) in [5.74, 6) is 1.00. The molecule has 0 bridgehead atoms. The molecule has 0 aromatic rings. The summed E-state index contributed by atoms with van der Waals surface area (Å²) in [5.41, 5.74) is 0. The Morgan fingerprint density at radius 1 is 1.44 bits per heavy atom. The lowest BCUT2D eigenvalue weighted by Gasteiger charge is -2.28. The summed E-state index contributed by atoms with van der Waals surface area (Å²) in [6.45, 7) is 7.22. The van der Waals surface area contributed by atoms with Gasteiger partial charge in [0.2, 0.25) is 5.91 Å². The molecule has 0 aromatic carbocycles. The molecule has 1 fully saturated rings. The second kappa shape index (κ2) is 7.74. The summed E-state index contributed by atoms with van der Waals surface area (Å²) in [6.07, 6.45) is 3.18. The summed E-state index contributed by atoms with van der Waals surface area (Å²) < 4.78 is 0. The monoisotopic (exact) mass is 255 g/mol. The van der Waals surface area contributed by atoms with Crippen LogP contribution in [0.25, 0.3) is 0 Å². The Morgan fingerprint density at radius 2 is 2.17 bits per heavy atom. The number of nitrogens with one attached hydrogen (secondary N) is 2. The molecule has 4 nitrogen and oxygen atoms in total. The average Bonchev–Trinajstić information content (AvgIpc) is 2.28. The Bertz CT molecular complexity index is 237. The van der Waals surface area contributed by atoms with Gasteiger partial charge in [0.05, 0.1) is 5.92 Å². The maximum absolute atomic E-state index is 12.2. The third kappa shape index (κ3) is 5.83. The zero-order valence-corrected chi connectivity index (χ0v) is 12.3. The molecule has 2 N–H and O–H groups in total. The zero-order chi connectivity index (χ0) is 13.5. The Hall–Kier alpha value is -0.610. The van der Waals surface area contributed by atoms with E-state index < -0.39 is 0 Å². The molecule has 1 rings (SSSR count). The lowest BCUT2D eigenvalue weighted by atomic mass is 9.97. The number of carbonyl (C=O) groups excluding carboxylic acids is 1. The van der Waals surface area contributed by atoms with E-state index in [4.69, 9.17) is 0 Å². The van der Waals surface area contributed by atoms with Crippen LogP contribution < -0.4 is 10.6 Å². The van der Waals surface area contributed by atoms with Gasteiger partial charge in [-0.1, -0.05) is 13.8 Å². The van der Waals surface area contributed by atoms with Crippen LogP contribution in [0.2, 0.25) is 0 Å². The molecule has 1 aliphatic heterocycles. The molecule has 0 aromatic heterocycles. The number of likely N-dealkylation sites (N-methyl/N-ethyl adjacent to an activating group) is 1. The zero-order valence-electron chi connectivity index (χ0n) is 12.3. The molecular weight excluding hydrogens is 226 g/mol. The molecule has 1 heterocycles. The predicted molar refractivity (Wildman–Crippen MR) is 75.5 cm³/mol. The second-order valence-electron chi connectivity index (χ2n) is 6.14. The van der Waals surface area contributed by atoms with E-state index in [9.17, 15) is 4.79 Å². The molecule has 0 aliphatic carbocycles. The molecule has 1 aliphatic rings. The highest BCUT2D eigenvalue weighted by atomic mass is 16.2. The molecule has 1 amide bonds. The maximum Gasteiger partial charge on any atom is 0.224 e. The topological polar surface area (TPSA) is 44.4 Å². The number of hydrogen-bond acceptors (Lipinski definition) is 3. The third-order valence-electron chi connectivity index (χ3n) is 3.36. The van der Waals surface area contributed by atoms with E-state index in [-0.39, 0.29) is 17.9 Å². The number of hydrogen-bond donors (Lipinski definition) is 2. The molecule has 1 saturated heterocycles. The molecule has 2 unspecified atom stereocenters. The molecule has 106 valence electrons. The molecule has 0 spiro atoms. The summed E-state index contributed by atoms with van der Waals surface area (Å²) in [5, 5.41) is 6.53. The van der Waals surface area contributed by atoms with Gasteiger partial charge in [-0.25, -0.2) is 0 Å². The van der Waals surface area contributed by atoms with E-state index >= 15 is 0 Å². The predicted octanol–water partition coefficient (Wildman–Crippen LogP) is 1.08. The van der Waals surface area contributed by atoms with Gasteiger partial charge in [-0.15, -0.1) is 0 Å². The summed E-state index contributed by atoms with van der Waals surface area (Å²) in [7, 11) is 4.11. The van der Waals surface area contributed by atoms with Crippen LogP contribution in [-0.4, -0.2) is 50.6 Å². The van der Waals surface area contributed by atoms with Gasteiger partial charge >= 0.3 is 0 Å². The Kier molecular flexibility index (Phi) is 6.65. The summed E-state index contributed by atoms with van der Waals surface area (Å²) in [6, 6.07) is 0.273. The number of piperidine rings is 1. The minimum Gasteiger partial charge on any atom is -0.352 e. The van der Waals surface area contributed by atoms with Crippen molar-refractivity contribution in [3.8, 4) is 0 Å². The molecule has 0 radical (unpaired) electrons. The smallest absolute Gasteiger partial charge is 0.224 e. The van der Waals surface area contributed by atoms with E-state index in [1.54, 1.807) is 0 Å². The highest BCUT2D eigenvalue weighted by Crippen LogP contribution is 2.12. The van der Waals surface area contributed by atoms with Crippen LogP contribution in [0.1, 0.15) is 33.1 Å².